The molecule has 31 heavy (non-hydrogen) atoms. The molecule has 9 nitrogen and oxygen atoms in total. The highest BCUT2D eigenvalue weighted by atomic mass is 35.5. The number of esters is 1. The first-order chi connectivity index (χ1) is 14.5. The summed E-state index contributed by atoms with van der Waals surface area (Å²) >= 11 is 0. The van der Waals surface area contributed by atoms with E-state index in [2.05, 4.69) is 15.2 Å². The van der Waals surface area contributed by atoms with Crippen LogP contribution in [0.15, 0.2) is 41.7 Å². The van der Waals surface area contributed by atoms with Crippen molar-refractivity contribution < 1.29 is 14.5 Å². The van der Waals surface area contributed by atoms with Gasteiger partial charge >= 0.3 is 5.97 Å². The minimum absolute atomic E-state index is 0. The Morgan fingerprint density at radius 3 is 2.74 bits per heavy atom. The Morgan fingerprint density at radius 2 is 2.06 bits per heavy atom. The number of carbonyl (C=O) groups is 1. The Morgan fingerprint density at radius 1 is 1.32 bits per heavy atom. The number of aromatic nitrogens is 2. The van der Waals surface area contributed by atoms with Crippen LogP contribution in [0.1, 0.15) is 43.5 Å². The van der Waals surface area contributed by atoms with Gasteiger partial charge in [0, 0.05) is 24.4 Å². The summed E-state index contributed by atoms with van der Waals surface area (Å²) in [5, 5.41) is 14.6. The van der Waals surface area contributed by atoms with Crippen molar-refractivity contribution in [3.05, 3.63) is 63.1 Å². The van der Waals surface area contributed by atoms with E-state index < -0.39 is 16.9 Å². The number of hydrogen-bond donors (Lipinski definition) is 1. The molecule has 2 aliphatic heterocycles. The number of imidazole rings is 1. The summed E-state index contributed by atoms with van der Waals surface area (Å²) in [6, 6.07) is 5.84. The van der Waals surface area contributed by atoms with Crippen molar-refractivity contribution in [2.75, 3.05) is 25.5 Å². The van der Waals surface area contributed by atoms with Gasteiger partial charge in [-0.2, -0.15) is 0 Å². The number of nitrogens with one attached hydrogen (secondary N) is 1. The van der Waals surface area contributed by atoms with Crippen LogP contribution >= 0.6 is 12.4 Å². The Hall–Kier alpha value is -2.91. The molecule has 0 amide bonds. The number of benzene rings is 1. The molecule has 1 fully saturated rings. The van der Waals surface area contributed by atoms with Gasteiger partial charge in [0.2, 0.25) is 5.95 Å². The number of nitrogens with zero attached hydrogens (tertiary/aromatic N) is 4. The van der Waals surface area contributed by atoms with Gasteiger partial charge in [0.05, 0.1) is 35.5 Å². The smallest absolute Gasteiger partial charge is 0.337 e. The van der Waals surface area contributed by atoms with E-state index in [0.29, 0.717) is 29.3 Å². The third-order valence-electron chi connectivity index (χ3n) is 5.74. The summed E-state index contributed by atoms with van der Waals surface area (Å²) in [4.78, 5) is 30.6. The first kappa shape index (κ1) is 22.8. The fourth-order valence-electron chi connectivity index (χ4n) is 4.31. The third kappa shape index (κ3) is 4.42. The molecule has 0 bridgehead atoms. The van der Waals surface area contributed by atoms with Crippen LogP contribution in [0.4, 0.5) is 11.6 Å². The maximum Gasteiger partial charge on any atom is 0.337 e. The summed E-state index contributed by atoms with van der Waals surface area (Å²) in [5.74, 6) is 0.142. The molecule has 1 unspecified atom stereocenters. The Bertz CT molecular complexity index is 1010. The van der Waals surface area contributed by atoms with Crippen molar-refractivity contribution in [3.8, 4) is 0 Å². The summed E-state index contributed by atoms with van der Waals surface area (Å²) in [7, 11) is 1.34. The molecule has 166 valence electrons. The number of piperidine rings is 1. The van der Waals surface area contributed by atoms with Crippen LogP contribution in [0, 0.1) is 10.1 Å². The lowest BCUT2D eigenvalue weighted by atomic mass is 9.94. The number of likely N-dealkylation sites (tertiary alicyclic amines) is 1. The van der Waals surface area contributed by atoms with Crippen LogP contribution in [0.25, 0.3) is 0 Å². The van der Waals surface area contributed by atoms with E-state index in [9.17, 15) is 14.9 Å². The van der Waals surface area contributed by atoms with Crippen molar-refractivity contribution >= 4 is 30.0 Å². The zero-order valence-electron chi connectivity index (χ0n) is 17.5. The number of halogens is 1. The van der Waals surface area contributed by atoms with E-state index in [0.717, 1.165) is 18.8 Å². The second kappa shape index (κ2) is 9.49. The molecule has 3 heterocycles. The molecule has 2 aromatic rings. The van der Waals surface area contributed by atoms with Gasteiger partial charge in [0.1, 0.15) is 0 Å². The molecule has 1 aromatic carbocycles. The lowest BCUT2D eigenvalue weighted by molar-refractivity contribution is -0.384. The van der Waals surface area contributed by atoms with E-state index >= 15 is 0 Å². The number of ether oxygens (including phenoxy) is 1. The lowest BCUT2D eigenvalue weighted by Gasteiger charge is -2.32. The molecule has 1 atom stereocenters. The minimum Gasteiger partial charge on any atom is -0.466 e. The molecule has 1 N–H and O–H groups in total. The number of carbonyl (C=O) groups excluding carboxylic acids is 1. The van der Waals surface area contributed by atoms with Crippen molar-refractivity contribution in [1.82, 2.24) is 14.5 Å². The average molecular weight is 448 g/mol. The minimum atomic E-state index is -0.559. The maximum absolute atomic E-state index is 12.7. The molecule has 1 saturated heterocycles. The van der Waals surface area contributed by atoms with Gasteiger partial charge in [-0.3, -0.25) is 15.0 Å². The quantitative estimate of drug-likeness (QED) is 0.423. The molecule has 2 aliphatic rings. The van der Waals surface area contributed by atoms with E-state index in [1.807, 2.05) is 10.8 Å². The Kier molecular flexibility index (Phi) is 6.97. The van der Waals surface area contributed by atoms with Gasteiger partial charge in [-0.15, -0.1) is 12.4 Å². The first-order valence-corrected chi connectivity index (χ1v) is 10.1. The van der Waals surface area contributed by atoms with E-state index in [-0.39, 0.29) is 18.1 Å². The molecule has 0 radical (unpaired) electrons. The predicted molar refractivity (Wildman–Crippen MR) is 118 cm³/mol. The van der Waals surface area contributed by atoms with Crippen LogP contribution in [0.2, 0.25) is 0 Å². The van der Waals surface area contributed by atoms with Crippen LogP contribution in [0.3, 0.4) is 0 Å². The molecule has 0 spiro atoms. The first-order valence-electron chi connectivity index (χ1n) is 10.1. The van der Waals surface area contributed by atoms with Crippen LogP contribution in [-0.2, 0) is 16.1 Å². The highest BCUT2D eigenvalue weighted by molar-refractivity contribution is 5.92. The Balaban J connectivity index is 0.00000272. The molecule has 10 heteroatoms. The number of nitro groups is 1. The van der Waals surface area contributed by atoms with Crippen molar-refractivity contribution in [3.63, 3.8) is 0 Å². The monoisotopic (exact) mass is 447 g/mol. The van der Waals surface area contributed by atoms with Gasteiger partial charge in [-0.05, 0) is 38.4 Å². The maximum atomic E-state index is 12.7. The average Bonchev–Trinajstić information content (AvgIpc) is 3.15. The number of non-ortho nitro benzene ring substituents is 1. The lowest BCUT2D eigenvalue weighted by Crippen LogP contribution is -2.33. The van der Waals surface area contributed by atoms with Crippen molar-refractivity contribution in [2.45, 2.75) is 38.8 Å². The summed E-state index contributed by atoms with van der Waals surface area (Å²) in [6.07, 6.45) is 5.39. The largest absolute Gasteiger partial charge is 0.466 e. The standard InChI is InChI=1S/C21H25N5O4.ClH/c1-14-18(20(27)30-2)19(15-7-6-8-16(11-15)26(28)29)25-17(12-22-21(25)23-14)13-24-9-4-3-5-10-24;/h6-8,11-12,19H,3-5,9-10,13H2,1-2H3,(H,22,23);1H. The topological polar surface area (TPSA) is 103 Å². The molecule has 4 rings (SSSR count). The number of allylic oxidation sites excluding steroid dienone is 1. The highest BCUT2D eigenvalue weighted by Gasteiger charge is 2.35. The summed E-state index contributed by atoms with van der Waals surface area (Å²) in [6.45, 7) is 4.54. The van der Waals surface area contributed by atoms with E-state index in [4.69, 9.17) is 4.74 Å². The fourth-order valence-corrected chi connectivity index (χ4v) is 4.31. The number of hydrogen-bond acceptors (Lipinski definition) is 7. The number of anilines is 1. The number of nitro benzene ring substituents is 1. The van der Waals surface area contributed by atoms with E-state index in [1.54, 1.807) is 19.1 Å². The van der Waals surface area contributed by atoms with Crippen LogP contribution in [-0.4, -0.2) is 45.5 Å². The number of rotatable bonds is 5. The highest BCUT2D eigenvalue weighted by Crippen LogP contribution is 2.38. The third-order valence-corrected chi connectivity index (χ3v) is 5.74. The van der Waals surface area contributed by atoms with Crippen molar-refractivity contribution in [1.29, 1.82) is 0 Å². The Labute approximate surface area is 186 Å². The SMILES string of the molecule is COC(=O)C1=C(C)Nc2ncc(CN3CCCCC3)n2C1c1cccc([N+](=O)[O-])c1.Cl. The van der Waals surface area contributed by atoms with Crippen LogP contribution in [0.5, 0.6) is 0 Å². The van der Waals surface area contributed by atoms with Gasteiger partial charge in [0.15, 0.2) is 0 Å². The fraction of sp³-hybridized carbons (Fsp3) is 0.429. The van der Waals surface area contributed by atoms with Crippen molar-refractivity contribution in [2.24, 2.45) is 0 Å². The molecule has 1 aromatic heterocycles. The molecule has 0 saturated carbocycles. The molecular formula is C21H26ClN5O4. The second-order valence-corrected chi connectivity index (χ2v) is 7.69. The normalized spacial score (nSPS) is 18.6. The van der Waals surface area contributed by atoms with Gasteiger partial charge in [-0.25, -0.2) is 9.78 Å². The summed E-state index contributed by atoms with van der Waals surface area (Å²) < 4.78 is 7.02. The zero-order chi connectivity index (χ0) is 21.3. The zero-order valence-corrected chi connectivity index (χ0v) is 18.4. The van der Waals surface area contributed by atoms with Crippen LogP contribution < -0.4 is 5.32 Å². The van der Waals surface area contributed by atoms with Gasteiger partial charge < -0.3 is 14.6 Å². The van der Waals surface area contributed by atoms with Gasteiger partial charge in [0.25, 0.3) is 5.69 Å². The summed E-state index contributed by atoms with van der Waals surface area (Å²) in [5.41, 5.74) is 2.62. The second-order valence-electron chi connectivity index (χ2n) is 7.69. The van der Waals surface area contributed by atoms with E-state index in [1.165, 1.54) is 38.5 Å². The number of fused-ring (bicyclic) bond motifs is 1. The molecular weight excluding hydrogens is 422 g/mol. The predicted octanol–water partition coefficient (Wildman–Crippen LogP) is 3.66. The molecule has 0 aliphatic carbocycles. The van der Waals surface area contributed by atoms with Gasteiger partial charge in [-0.1, -0.05) is 18.6 Å². The number of methoxy groups -OCH3 is 1.